The monoisotopic (exact) mass is 304 g/mol. The zero-order chi connectivity index (χ0) is 15.0. The number of benzene rings is 1. The number of ether oxygens (including phenoxy) is 1. The summed E-state index contributed by atoms with van der Waals surface area (Å²) in [7, 11) is 1.66. The molecule has 0 unspecified atom stereocenters. The van der Waals surface area contributed by atoms with Gasteiger partial charge in [0.15, 0.2) is 5.13 Å². The number of aliphatic hydroxyl groups is 1. The van der Waals surface area contributed by atoms with Crippen molar-refractivity contribution in [3.05, 3.63) is 28.6 Å². The van der Waals surface area contributed by atoms with Crippen LogP contribution in [0.3, 0.4) is 0 Å². The van der Waals surface area contributed by atoms with Gasteiger partial charge < -0.3 is 9.84 Å². The Morgan fingerprint density at radius 1 is 1.48 bits per heavy atom. The van der Waals surface area contributed by atoms with Crippen LogP contribution in [0.15, 0.2) is 18.2 Å². The third-order valence-electron chi connectivity index (χ3n) is 3.50. The largest absolute Gasteiger partial charge is 0.497 e. The van der Waals surface area contributed by atoms with Gasteiger partial charge in [-0.15, -0.1) is 11.3 Å². The van der Waals surface area contributed by atoms with E-state index in [1.54, 1.807) is 7.11 Å². The Labute approximate surface area is 126 Å². The van der Waals surface area contributed by atoms with Crippen molar-refractivity contribution in [1.82, 2.24) is 4.98 Å². The first kappa shape index (κ1) is 14.0. The molecule has 0 saturated carbocycles. The first-order chi connectivity index (χ1) is 10.1. The zero-order valence-electron chi connectivity index (χ0n) is 11.8. The average molecular weight is 304 g/mol. The summed E-state index contributed by atoms with van der Waals surface area (Å²) >= 11 is 1.47. The molecule has 1 aromatic carbocycles. The number of aliphatic hydroxyl groups excluding tert-OH is 1. The van der Waals surface area contributed by atoms with Gasteiger partial charge in [0.2, 0.25) is 0 Å². The van der Waals surface area contributed by atoms with Gasteiger partial charge in [0, 0.05) is 10.4 Å². The van der Waals surface area contributed by atoms with Crippen LogP contribution in [0.25, 0.3) is 11.3 Å². The normalized spacial score (nSPS) is 14.0. The fourth-order valence-electron chi connectivity index (χ4n) is 2.38. The zero-order valence-corrected chi connectivity index (χ0v) is 12.7. The summed E-state index contributed by atoms with van der Waals surface area (Å²) in [6, 6.07) is 5.96. The molecule has 5 nitrogen and oxygen atoms in total. The number of amides is 1. The van der Waals surface area contributed by atoms with Crippen LogP contribution in [0.2, 0.25) is 0 Å². The van der Waals surface area contributed by atoms with Crippen LogP contribution in [0.1, 0.15) is 17.4 Å². The Bertz CT molecular complexity index is 694. The number of nitrogens with zero attached hydrogens (tertiary/aromatic N) is 1. The second-order valence-corrected chi connectivity index (χ2v) is 6.06. The van der Waals surface area contributed by atoms with Crippen molar-refractivity contribution in [2.75, 3.05) is 12.4 Å². The number of carbonyl (C=O) groups excluding carboxylic acids is 1. The van der Waals surface area contributed by atoms with Crippen molar-refractivity contribution < 1.29 is 14.6 Å². The SMILES string of the molecule is COc1ccc2c(c1)CCc1sc(NC(=O)[C@H](C)O)nc1-2. The molecule has 0 spiro atoms. The Kier molecular flexibility index (Phi) is 3.65. The van der Waals surface area contributed by atoms with Gasteiger partial charge in [-0.3, -0.25) is 10.1 Å². The highest BCUT2D eigenvalue weighted by atomic mass is 32.1. The molecule has 1 aliphatic carbocycles. The van der Waals surface area contributed by atoms with Gasteiger partial charge in [0.1, 0.15) is 11.9 Å². The molecule has 2 aromatic rings. The number of rotatable bonds is 3. The minimum absolute atomic E-state index is 0.434. The molecule has 1 aromatic heterocycles. The van der Waals surface area contributed by atoms with Gasteiger partial charge in [0.25, 0.3) is 5.91 Å². The number of hydrogen-bond donors (Lipinski definition) is 2. The fourth-order valence-corrected chi connectivity index (χ4v) is 3.36. The van der Waals surface area contributed by atoms with Crippen LogP contribution in [-0.4, -0.2) is 29.2 Å². The number of anilines is 1. The van der Waals surface area contributed by atoms with E-state index < -0.39 is 12.0 Å². The summed E-state index contributed by atoms with van der Waals surface area (Å²) in [5.41, 5.74) is 3.22. The van der Waals surface area contributed by atoms with Crippen LogP contribution in [-0.2, 0) is 17.6 Å². The van der Waals surface area contributed by atoms with Crippen molar-refractivity contribution in [3.8, 4) is 17.0 Å². The summed E-state index contributed by atoms with van der Waals surface area (Å²) < 4.78 is 5.25. The van der Waals surface area contributed by atoms with Crippen LogP contribution in [0.4, 0.5) is 5.13 Å². The van der Waals surface area contributed by atoms with E-state index in [4.69, 9.17) is 4.74 Å². The fraction of sp³-hybridized carbons (Fsp3) is 0.333. The van der Waals surface area contributed by atoms with Gasteiger partial charge >= 0.3 is 0 Å². The number of aromatic nitrogens is 1. The van der Waals surface area contributed by atoms with Gasteiger partial charge in [-0.25, -0.2) is 4.98 Å². The quantitative estimate of drug-likeness (QED) is 0.912. The molecule has 21 heavy (non-hydrogen) atoms. The molecule has 3 rings (SSSR count). The summed E-state index contributed by atoms with van der Waals surface area (Å²) in [5, 5.41) is 12.4. The van der Waals surface area contributed by atoms with Crippen LogP contribution in [0.5, 0.6) is 5.75 Å². The molecular weight excluding hydrogens is 288 g/mol. The molecule has 1 heterocycles. The minimum atomic E-state index is -1.04. The first-order valence-corrected chi connectivity index (χ1v) is 7.56. The van der Waals surface area contributed by atoms with Crippen LogP contribution < -0.4 is 10.1 Å². The molecule has 0 radical (unpaired) electrons. The summed E-state index contributed by atoms with van der Waals surface area (Å²) in [6.45, 7) is 1.43. The smallest absolute Gasteiger partial charge is 0.254 e. The third kappa shape index (κ3) is 2.64. The van der Waals surface area contributed by atoms with E-state index >= 15 is 0 Å². The molecule has 110 valence electrons. The molecule has 6 heteroatoms. The second-order valence-electron chi connectivity index (χ2n) is 4.98. The summed E-state index contributed by atoms with van der Waals surface area (Å²) in [4.78, 5) is 17.2. The number of hydrogen-bond acceptors (Lipinski definition) is 5. The maximum absolute atomic E-state index is 11.5. The van der Waals surface area contributed by atoms with E-state index in [0.29, 0.717) is 5.13 Å². The highest BCUT2D eigenvalue weighted by Crippen LogP contribution is 2.39. The van der Waals surface area contributed by atoms with E-state index in [0.717, 1.165) is 34.7 Å². The predicted octanol–water partition coefficient (Wildman–Crippen LogP) is 2.24. The number of carbonyl (C=O) groups is 1. The molecule has 0 saturated heterocycles. The van der Waals surface area contributed by atoms with Gasteiger partial charge in [-0.05, 0) is 43.5 Å². The lowest BCUT2D eigenvalue weighted by atomic mass is 9.93. The number of thiazole rings is 1. The second kappa shape index (κ2) is 5.46. The Morgan fingerprint density at radius 3 is 3.00 bits per heavy atom. The Morgan fingerprint density at radius 2 is 2.29 bits per heavy atom. The average Bonchev–Trinajstić information content (AvgIpc) is 2.89. The molecule has 0 aliphatic heterocycles. The number of methoxy groups -OCH3 is 1. The highest BCUT2D eigenvalue weighted by Gasteiger charge is 2.22. The summed E-state index contributed by atoms with van der Waals surface area (Å²) in [6.07, 6.45) is 0.797. The topological polar surface area (TPSA) is 71.5 Å². The van der Waals surface area contributed by atoms with Crippen molar-refractivity contribution in [3.63, 3.8) is 0 Å². The maximum atomic E-state index is 11.5. The number of nitrogens with one attached hydrogen (secondary N) is 1. The van der Waals surface area contributed by atoms with Crippen molar-refractivity contribution >= 4 is 22.4 Å². The Hall–Kier alpha value is -1.92. The first-order valence-electron chi connectivity index (χ1n) is 6.74. The number of aryl methyl sites for hydroxylation is 2. The van der Waals surface area contributed by atoms with E-state index in [2.05, 4.69) is 10.3 Å². The van der Waals surface area contributed by atoms with Gasteiger partial charge in [0.05, 0.1) is 12.8 Å². The summed E-state index contributed by atoms with van der Waals surface area (Å²) in [5.74, 6) is 0.408. The lowest BCUT2D eigenvalue weighted by molar-refractivity contribution is -0.123. The molecule has 1 aliphatic rings. The highest BCUT2D eigenvalue weighted by molar-refractivity contribution is 7.16. The maximum Gasteiger partial charge on any atom is 0.254 e. The van der Waals surface area contributed by atoms with Crippen molar-refractivity contribution in [2.24, 2.45) is 0 Å². The lowest BCUT2D eigenvalue weighted by Gasteiger charge is -2.15. The molecule has 2 N–H and O–H groups in total. The van der Waals surface area contributed by atoms with Gasteiger partial charge in [-0.1, -0.05) is 0 Å². The Balaban J connectivity index is 1.94. The van der Waals surface area contributed by atoms with Crippen LogP contribution in [0, 0.1) is 0 Å². The lowest BCUT2D eigenvalue weighted by Crippen LogP contribution is -2.24. The van der Waals surface area contributed by atoms with E-state index in [-0.39, 0.29) is 0 Å². The molecule has 1 atom stereocenters. The van der Waals surface area contributed by atoms with Crippen LogP contribution >= 0.6 is 11.3 Å². The van der Waals surface area contributed by atoms with Gasteiger partial charge in [-0.2, -0.15) is 0 Å². The molecular formula is C15H16N2O3S. The number of fused-ring (bicyclic) bond motifs is 3. The van der Waals surface area contributed by atoms with E-state index in [1.165, 1.54) is 23.8 Å². The minimum Gasteiger partial charge on any atom is -0.497 e. The van der Waals surface area contributed by atoms with Crippen molar-refractivity contribution in [1.29, 1.82) is 0 Å². The van der Waals surface area contributed by atoms with E-state index in [9.17, 15) is 9.90 Å². The van der Waals surface area contributed by atoms with Crippen molar-refractivity contribution in [2.45, 2.75) is 25.9 Å². The predicted molar refractivity (Wildman–Crippen MR) is 81.8 cm³/mol. The molecule has 0 bridgehead atoms. The third-order valence-corrected chi connectivity index (χ3v) is 4.53. The van der Waals surface area contributed by atoms with E-state index in [1.807, 2.05) is 18.2 Å². The molecule has 0 fully saturated rings. The standard InChI is InChI=1S/C15H16N2O3S/c1-8(18)14(19)17-15-16-13-11-5-4-10(20-2)7-9(11)3-6-12(13)21-15/h4-5,7-8,18H,3,6H2,1-2H3,(H,16,17,19)/t8-/m0/s1. The molecule has 1 amide bonds.